The molecule has 31 heavy (non-hydrogen) atoms. The van der Waals surface area contributed by atoms with E-state index in [2.05, 4.69) is 15.5 Å². The van der Waals surface area contributed by atoms with E-state index in [-0.39, 0.29) is 5.91 Å². The number of amides is 1. The quantitative estimate of drug-likeness (QED) is 0.481. The minimum absolute atomic E-state index is 0.188. The van der Waals surface area contributed by atoms with Gasteiger partial charge in [0.2, 0.25) is 0 Å². The number of nitrogens with one attached hydrogen (secondary N) is 1. The molecule has 0 radical (unpaired) electrons. The maximum absolute atomic E-state index is 12.8. The maximum Gasteiger partial charge on any atom is 0.251 e. The fourth-order valence-corrected chi connectivity index (χ4v) is 3.43. The van der Waals surface area contributed by atoms with Crippen molar-refractivity contribution in [3.8, 4) is 17.2 Å². The number of ether oxygens (including phenoxy) is 2. The number of nitrogens with zero attached hydrogens (tertiary/aromatic N) is 2. The van der Waals surface area contributed by atoms with Crippen molar-refractivity contribution < 1.29 is 18.8 Å². The summed E-state index contributed by atoms with van der Waals surface area (Å²) in [6.07, 6.45) is 1.69. The molecule has 2 aromatic heterocycles. The molecule has 7 nitrogen and oxygen atoms in total. The molecule has 1 N–H and O–H groups in total. The topological polar surface area (TPSA) is 86.5 Å². The van der Waals surface area contributed by atoms with Crippen LogP contribution in [0.15, 0.2) is 53.2 Å². The van der Waals surface area contributed by atoms with Crippen molar-refractivity contribution in [2.75, 3.05) is 7.11 Å². The molecule has 0 saturated heterocycles. The van der Waals surface area contributed by atoms with Gasteiger partial charge in [0.25, 0.3) is 5.91 Å². The highest BCUT2D eigenvalue weighted by molar-refractivity contribution is 5.96. The van der Waals surface area contributed by atoms with Gasteiger partial charge in [-0.05, 0) is 51.1 Å². The normalized spacial score (nSPS) is 10.8. The summed E-state index contributed by atoms with van der Waals surface area (Å²) in [5, 5.41) is 7.72. The summed E-state index contributed by atoms with van der Waals surface area (Å²) in [6.45, 7) is 5.90. The zero-order chi connectivity index (χ0) is 22.0. The van der Waals surface area contributed by atoms with E-state index >= 15 is 0 Å². The highest BCUT2D eigenvalue weighted by Gasteiger charge is 2.16. The van der Waals surface area contributed by atoms with Gasteiger partial charge in [0.1, 0.15) is 23.0 Å². The van der Waals surface area contributed by atoms with Gasteiger partial charge < -0.3 is 19.3 Å². The van der Waals surface area contributed by atoms with Crippen LogP contribution in [-0.2, 0) is 6.54 Å². The lowest BCUT2D eigenvalue weighted by Gasteiger charge is -2.14. The summed E-state index contributed by atoms with van der Waals surface area (Å²) in [6, 6.07) is 12.9. The lowest BCUT2D eigenvalue weighted by Crippen LogP contribution is -2.24. The van der Waals surface area contributed by atoms with E-state index in [1.807, 2.05) is 45.0 Å². The van der Waals surface area contributed by atoms with E-state index in [4.69, 9.17) is 14.0 Å². The molecule has 0 saturated carbocycles. The van der Waals surface area contributed by atoms with Gasteiger partial charge in [-0.3, -0.25) is 9.78 Å². The Hall–Kier alpha value is -3.87. The number of carbonyl (C=O) groups excluding carboxylic acids is 1. The molecule has 0 atom stereocenters. The van der Waals surface area contributed by atoms with Crippen molar-refractivity contribution in [3.05, 3.63) is 76.8 Å². The first-order valence-corrected chi connectivity index (χ1v) is 9.88. The van der Waals surface area contributed by atoms with Gasteiger partial charge in [-0.2, -0.15) is 0 Å². The van der Waals surface area contributed by atoms with Crippen LogP contribution in [0.1, 0.15) is 32.9 Å². The van der Waals surface area contributed by atoms with Crippen LogP contribution in [0.4, 0.5) is 0 Å². The predicted molar refractivity (Wildman–Crippen MR) is 117 cm³/mol. The number of pyridine rings is 1. The SMILES string of the molecule is COc1ccc2c(Oc3cccc(C(=O)NCc4c(C)noc4C)c3C)ccnc2c1. The first-order chi connectivity index (χ1) is 15.0. The van der Waals surface area contributed by atoms with E-state index in [0.29, 0.717) is 29.4 Å². The monoisotopic (exact) mass is 417 g/mol. The predicted octanol–water partition coefficient (Wildman–Crippen LogP) is 4.88. The Kier molecular flexibility index (Phi) is 5.58. The largest absolute Gasteiger partial charge is 0.497 e. The fraction of sp³-hybridized carbons (Fsp3) is 0.208. The van der Waals surface area contributed by atoms with Gasteiger partial charge in [-0.25, -0.2) is 0 Å². The maximum atomic E-state index is 12.8. The van der Waals surface area contributed by atoms with Gasteiger partial charge in [0, 0.05) is 40.9 Å². The van der Waals surface area contributed by atoms with E-state index in [1.165, 1.54) is 0 Å². The van der Waals surface area contributed by atoms with Crippen molar-refractivity contribution in [2.24, 2.45) is 0 Å². The molecule has 0 aliphatic heterocycles. The molecule has 0 bridgehead atoms. The van der Waals surface area contributed by atoms with Crippen LogP contribution in [0.5, 0.6) is 17.2 Å². The highest BCUT2D eigenvalue weighted by atomic mass is 16.5. The Bertz CT molecular complexity index is 1240. The van der Waals surface area contributed by atoms with Crippen molar-refractivity contribution in [1.29, 1.82) is 0 Å². The van der Waals surface area contributed by atoms with Crippen molar-refractivity contribution >= 4 is 16.8 Å². The molecule has 0 aliphatic rings. The van der Waals surface area contributed by atoms with Crippen molar-refractivity contribution in [3.63, 3.8) is 0 Å². The average Bonchev–Trinajstić information content (AvgIpc) is 3.10. The number of benzene rings is 2. The molecule has 7 heteroatoms. The molecule has 4 rings (SSSR count). The minimum Gasteiger partial charge on any atom is -0.497 e. The molecule has 0 spiro atoms. The smallest absolute Gasteiger partial charge is 0.251 e. The summed E-state index contributed by atoms with van der Waals surface area (Å²) in [5.41, 5.74) is 3.72. The molecule has 0 aliphatic carbocycles. The summed E-state index contributed by atoms with van der Waals surface area (Å²) in [4.78, 5) is 17.2. The first kappa shape index (κ1) is 20.4. The van der Waals surface area contributed by atoms with Crippen molar-refractivity contribution in [2.45, 2.75) is 27.3 Å². The summed E-state index contributed by atoms with van der Waals surface area (Å²) in [7, 11) is 1.62. The fourth-order valence-electron chi connectivity index (χ4n) is 3.43. The molecule has 2 aromatic carbocycles. The Morgan fingerprint density at radius 2 is 1.94 bits per heavy atom. The van der Waals surface area contributed by atoms with Crippen LogP contribution in [0.3, 0.4) is 0 Å². The van der Waals surface area contributed by atoms with E-state index in [0.717, 1.165) is 33.5 Å². The number of hydrogen-bond donors (Lipinski definition) is 1. The zero-order valence-corrected chi connectivity index (χ0v) is 17.9. The molecule has 158 valence electrons. The third-order valence-electron chi connectivity index (χ3n) is 5.27. The van der Waals surface area contributed by atoms with Crippen LogP contribution in [0.2, 0.25) is 0 Å². The van der Waals surface area contributed by atoms with E-state index in [1.54, 1.807) is 31.5 Å². The highest BCUT2D eigenvalue weighted by Crippen LogP contribution is 2.33. The Balaban J connectivity index is 1.58. The summed E-state index contributed by atoms with van der Waals surface area (Å²) < 4.78 is 16.6. The molecule has 1 amide bonds. The second kappa shape index (κ2) is 8.47. The Labute approximate surface area is 180 Å². The van der Waals surface area contributed by atoms with Crippen LogP contribution < -0.4 is 14.8 Å². The lowest BCUT2D eigenvalue weighted by molar-refractivity contribution is 0.0950. The Morgan fingerprint density at radius 1 is 1.10 bits per heavy atom. The van der Waals surface area contributed by atoms with Crippen LogP contribution in [0.25, 0.3) is 10.9 Å². The minimum atomic E-state index is -0.188. The number of carbonyl (C=O) groups is 1. The second-order valence-corrected chi connectivity index (χ2v) is 7.21. The van der Waals surface area contributed by atoms with Gasteiger partial charge in [-0.1, -0.05) is 11.2 Å². The summed E-state index contributed by atoms with van der Waals surface area (Å²) in [5.74, 6) is 2.50. The van der Waals surface area contributed by atoms with E-state index < -0.39 is 0 Å². The third kappa shape index (κ3) is 4.07. The molecule has 0 fully saturated rings. The second-order valence-electron chi connectivity index (χ2n) is 7.21. The number of methoxy groups -OCH3 is 1. The third-order valence-corrected chi connectivity index (χ3v) is 5.27. The van der Waals surface area contributed by atoms with Crippen LogP contribution >= 0.6 is 0 Å². The molecular weight excluding hydrogens is 394 g/mol. The van der Waals surface area contributed by atoms with Crippen LogP contribution in [0, 0.1) is 20.8 Å². The Morgan fingerprint density at radius 3 is 2.68 bits per heavy atom. The first-order valence-electron chi connectivity index (χ1n) is 9.88. The van der Waals surface area contributed by atoms with Gasteiger partial charge in [0.15, 0.2) is 0 Å². The van der Waals surface area contributed by atoms with Gasteiger partial charge >= 0.3 is 0 Å². The standard InChI is InChI=1S/C24H23N3O4/c1-14-18(24(28)26-13-20-15(2)27-31-16(20)3)6-5-7-22(14)30-23-10-11-25-21-12-17(29-4)8-9-19(21)23/h5-12H,13H2,1-4H3,(H,26,28). The number of hydrogen-bond acceptors (Lipinski definition) is 6. The number of fused-ring (bicyclic) bond motifs is 1. The molecule has 0 unspecified atom stereocenters. The number of aryl methyl sites for hydroxylation is 2. The van der Waals surface area contributed by atoms with Crippen molar-refractivity contribution in [1.82, 2.24) is 15.5 Å². The lowest BCUT2D eigenvalue weighted by atomic mass is 10.1. The number of rotatable bonds is 6. The van der Waals surface area contributed by atoms with E-state index in [9.17, 15) is 4.79 Å². The molecular formula is C24H23N3O4. The van der Waals surface area contributed by atoms with Crippen LogP contribution in [-0.4, -0.2) is 23.2 Å². The number of aromatic nitrogens is 2. The van der Waals surface area contributed by atoms with Gasteiger partial charge in [0.05, 0.1) is 18.3 Å². The molecule has 2 heterocycles. The summed E-state index contributed by atoms with van der Waals surface area (Å²) >= 11 is 0. The molecule has 4 aromatic rings. The van der Waals surface area contributed by atoms with Gasteiger partial charge in [-0.15, -0.1) is 0 Å². The zero-order valence-electron chi connectivity index (χ0n) is 17.9. The average molecular weight is 417 g/mol.